The van der Waals surface area contributed by atoms with Crippen molar-refractivity contribution < 1.29 is 9.59 Å². The summed E-state index contributed by atoms with van der Waals surface area (Å²) < 4.78 is 1.98. The van der Waals surface area contributed by atoms with Gasteiger partial charge in [-0.25, -0.2) is 0 Å². The molecule has 0 fully saturated rings. The predicted molar refractivity (Wildman–Crippen MR) is 121 cm³/mol. The van der Waals surface area contributed by atoms with Gasteiger partial charge in [-0.3, -0.25) is 9.59 Å². The second kappa shape index (κ2) is 10.1. The van der Waals surface area contributed by atoms with E-state index in [4.69, 9.17) is 23.2 Å². The van der Waals surface area contributed by atoms with Crippen molar-refractivity contribution in [1.82, 2.24) is 15.2 Å². The summed E-state index contributed by atoms with van der Waals surface area (Å²) in [6, 6.07) is 16.5. The van der Waals surface area contributed by atoms with Crippen LogP contribution in [-0.4, -0.2) is 23.4 Å². The molecule has 1 heterocycles. The average Bonchev–Trinajstić information content (AvgIpc) is 3.25. The Labute approximate surface area is 185 Å². The fraction of sp³-hybridized carbons (Fsp3) is 0.130. The second-order valence-electron chi connectivity index (χ2n) is 6.53. The standard InChI is InChI=1S/C23H21Cl2N3O2/c1-26-23(30)17-7-4-16(5-8-17)6-11-22(29)27-15-20-3-2-12-28(20)19-9-10-21(25)18(13-19)14-24/h2-13H,14-15H2,1H3,(H,26,30)(H,27,29). The maximum Gasteiger partial charge on any atom is 0.251 e. The summed E-state index contributed by atoms with van der Waals surface area (Å²) >= 11 is 12.1. The van der Waals surface area contributed by atoms with E-state index < -0.39 is 0 Å². The first-order chi connectivity index (χ1) is 14.5. The lowest BCUT2D eigenvalue weighted by Crippen LogP contribution is -2.21. The van der Waals surface area contributed by atoms with E-state index in [0.717, 1.165) is 22.5 Å². The van der Waals surface area contributed by atoms with Crippen LogP contribution in [0.15, 0.2) is 66.9 Å². The van der Waals surface area contributed by atoms with E-state index in [-0.39, 0.29) is 11.8 Å². The first kappa shape index (κ1) is 21.7. The van der Waals surface area contributed by atoms with Gasteiger partial charge in [-0.2, -0.15) is 0 Å². The predicted octanol–water partition coefficient (Wildman–Crippen LogP) is 4.56. The number of amides is 2. The van der Waals surface area contributed by atoms with Crippen molar-refractivity contribution in [2.24, 2.45) is 0 Å². The zero-order chi connectivity index (χ0) is 21.5. The molecule has 3 rings (SSSR count). The van der Waals surface area contributed by atoms with Crippen LogP contribution in [0.1, 0.15) is 27.2 Å². The number of alkyl halides is 1. The quantitative estimate of drug-likeness (QED) is 0.416. The van der Waals surface area contributed by atoms with Crippen molar-refractivity contribution in [3.05, 3.63) is 94.3 Å². The molecule has 0 atom stereocenters. The van der Waals surface area contributed by atoms with Crippen molar-refractivity contribution in [2.45, 2.75) is 12.4 Å². The third-order valence-electron chi connectivity index (χ3n) is 4.56. The minimum absolute atomic E-state index is 0.148. The third kappa shape index (κ3) is 5.32. The Morgan fingerprint density at radius 2 is 1.87 bits per heavy atom. The van der Waals surface area contributed by atoms with Gasteiger partial charge < -0.3 is 15.2 Å². The Bertz CT molecular complexity index is 1070. The van der Waals surface area contributed by atoms with Gasteiger partial charge in [0, 0.05) is 47.2 Å². The smallest absolute Gasteiger partial charge is 0.251 e. The van der Waals surface area contributed by atoms with E-state index in [9.17, 15) is 9.59 Å². The largest absolute Gasteiger partial charge is 0.355 e. The summed E-state index contributed by atoms with van der Waals surface area (Å²) in [5.74, 6) is -0.0321. The number of carbonyl (C=O) groups excluding carboxylic acids is 2. The highest BCUT2D eigenvalue weighted by Gasteiger charge is 2.07. The summed E-state index contributed by atoms with van der Waals surface area (Å²) in [6.45, 7) is 0.366. The van der Waals surface area contributed by atoms with E-state index in [2.05, 4.69) is 10.6 Å². The van der Waals surface area contributed by atoms with E-state index in [1.54, 1.807) is 37.4 Å². The molecule has 2 aromatic carbocycles. The molecule has 0 aliphatic carbocycles. The Balaban J connectivity index is 1.63. The number of rotatable bonds is 7. The van der Waals surface area contributed by atoms with Gasteiger partial charge in [0.2, 0.25) is 5.91 Å². The molecule has 0 radical (unpaired) electrons. The summed E-state index contributed by atoms with van der Waals surface area (Å²) in [5.41, 5.74) is 4.10. The number of aromatic nitrogens is 1. The lowest BCUT2D eigenvalue weighted by Gasteiger charge is -2.11. The zero-order valence-corrected chi connectivity index (χ0v) is 17.9. The van der Waals surface area contributed by atoms with Crippen LogP contribution in [0, 0.1) is 0 Å². The molecular weight excluding hydrogens is 421 g/mol. The van der Waals surface area contributed by atoms with Gasteiger partial charge in [0.25, 0.3) is 5.91 Å². The molecule has 2 amide bonds. The second-order valence-corrected chi connectivity index (χ2v) is 7.21. The number of nitrogens with one attached hydrogen (secondary N) is 2. The van der Waals surface area contributed by atoms with Crippen LogP contribution in [0.5, 0.6) is 0 Å². The Kier molecular flexibility index (Phi) is 7.33. The minimum Gasteiger partial charge on any atom is -0.355 e. The molecule has 0 unspecified atom stereocenters. The normalized spacial score (nSPS) is 10.9. The van der Waals surface area contributed by atoms with Gasteiger partial charge in [-0.15, -0.1) is 11.6 Å². The van der Waals surface area contributed by atoms with E-state index in [0.29, 0.717) is 23.0 Å². The van der Waals surface area contributed by atoms with Crippen molar-refractivity contribution in [3.8, 4) is 5.69 Å². The molecule has 5 nitrogen and oxygen atoms in total. The van der Waals surface area contributed by atoms with Crippen LogP contribution in [0.3, 0.4) is 0 Å². The van der Waals surface area contributed by atoms with Crippen LogP contribution in [-0.2, 0) is 17.2 Å². The number of hydrogen-bond acceptors (Lipinski definition) is 2. The molecule has 3 aromatic rings. The van der Waals surface area contributed by atoms with Crippen LogP contribution >= 0.6 is 23.2 Å². The molecule has 0 saturated carbocycles. The SMILES string of the molecule is CNC(=O)c1ccc(C=CC(=O)NCc2cccn2-c2ccc(Cl)c(CCl)c2)cc1. The highest BCUT2D eigenvalue weighted by atomic mass is 35.5. The van der Waals surface area contributed by atoms with Crippen molar-refractivity contribution in [2.75, 3.05) is 7.05 Å². The van der Waals surface area contributed by atoms with Gasteiger partial charge in [0.15, 0.2) is 0 Å². The summed E-state index contributed by atoms with van der Waals surface area (Å²) in [5, 5.41) is 6.08. The van der Waals surface area contributed by atoms with E-state index >= 15 is 0 Å². The molecule has 0 aliphatic heterocycles. The molecule has 0 saturated heterocycles. The van der Waals surface area contributed by atoms with Crippen LogP contribution in [0.4, 0.5) is 0 Å². The zero-order valence-electron chi connectivity index (χ0n) is 16.4. The maximum atomic E-state index is 12.2. The Morgan fingerprint density at radius 3 is 2.57 bits per heavy atom. The number of nitrogens with zero attached hydrogens (tertiary/aromatic N) is 1. The molecule has 0 bridgehead atoms. The molecule has 2 N–H and O–H groups in total. The number of carbonyl (C=O) groups is 2. The van der Waals surface area contributed by atoms with E-state index in [1.165, 1.54) is 6.08 Å². The van der Waals surface area contributed by atoms with Crippen molar-refractivity contribution in [1.29, 1.82) is 0 Å². The summed E-state index contributed by atoms with van der Waals surface area (Å²) in [7, 11) is 1.58. The van der Waals surface area contributed by atoms with Crippen molar-refractivity contribution >= 4 is 41.1 Å². The van der Waals surface area contributed by atoms with Gasteiger partial charge >= 0.3 is 0 Å². The van der Waals surface area contributed by atoms with Crippen LogP contribution in [0.2, 0.25) is 5.02 Å². The topological polar surface area (TPSA) is 63.1 Å². The van der Waals surface area contributed by atoms with Crippen LogP contribution in [0.25, 0.3) is 11.8 Å². The van der Waals surface area contributed by atoms with Gasteiger partial charge in [0.05, 0.1) is 6.54 Å². The van der Waals surface area contributed by atoms with Gasteiger partial charge in [-0.05, 0) is 59.7 Å². The highest BCUT2D eigenvalue weighted by molar-refractivity contribution is 6.32. The molecule has 0 spiro atoms. The minimum atomic E-state index is -0.212. The maximum absolute atomic E-state index is 12.2. The lowest BCUT2D eigenvalue weighted by molar-refractivity contribution is -0.116. The molecule has 0 aliphatic rings. The first-order valence-corrected chi connectivity index (χ1v) is 10.2. The molecule has 154 valence electrons. The number of benzene rings is 2. The lowest BCUT2D eigenvalue weighted by atomic mass is 10.1. The van der Waals surface area contributed by atoms with Crippen LogP contribution < -0.4 is 10.6 Å². The first-order valence-electron chi connectivity index (χ1n) is 9.31. The fourth-order valence-corrected chi connectivity index (χ4v) is 3.40. The molecule has 1 aromatic heterocycles. The van der Waals surface area contributed by atoms with Crippen molar-refractivity contribution in [3.63, 3.8) is 0 Å². The van der Waals surface area contributed by atoms with Gasteiger partial charge in [0.1, 0.15) is 0 Å². The number of hydrogen-bond donors (Lipinski definition) is 2. The summed E-state index contributed by atoms with van der Waals surface area (Å²) in [4.78, 5) is 23.8. The molecule has 7 heteroatoms. The number of halogens is 2. The van der Waals surface area contributed by atoms with E-state index in [1.807, 2.05) is 41.1 Å². The molecular formula is C23H21Cl2N3O2. The summed E-state index contributed by atoms with van der Waals surface area (Å²) in [6.07, 6.45) is 5.09. The average molecular weight is 442 g/mol. The monoisotopic (exact) mass is 441 g/mol. The Morgan fingerprint density at radius 1 is 1.10 bits per heavy atom. The highest BCUT2D eigenvalue weighted by Crippen LogP contribution is 2.22. The molecule has 30 heavy (non-hydrogen) atoms. The van der Waals surface area contributed by atoms with Gasteiger partial charge in [-0.1, -0.05) is 23.7 Å². The third-order valence-corrected chi connectivity index (χ3v) is 5.21. The Hall–Kier alpha value is -3.02. The fourth-order valence-electron chi connectivity index (χ4n) is 2.92.